The second-order valence-electron chi connectivity index (χ2n) is 5.74. The first-order valence-electron chi connectivity index (χ1n) is 6.94. The molecule has 0 bridgehead atoms. The van der Waals surface area contributed by atoms with Crippen molar-refractivity contribution in [1.82, 2.24) is 10.5 Å². The van der Waals surface area contributed by atoms with E-state index in [4.69, 9.17) is 9.26 Å². The van der Waals surface area contributed by atoms with Gasteiger partial charge in [-0.05, 0) is 44.9 Å². The zero-order chi connectivity index (χ0) is 13.5. The minimum Gasteiger partial charge on any atom is -0.381 e. The number of carbonyl (C=O) groups is 1. The monoisotopic (exact) mass is 264 g/mol. The van der Waals surface area contributed by atoms with E-state index in [0.29, 0.717) is 17.0 Å². The number of hydrogen-bond donors (Lipinski definition) is 1. The minimum atomic E-state index is -0.0492. The number of hydrogen-bond acceptors (Lipinski definition) is 4. The lowest BCUT2D eigenvalue weighted by molar-refractivity contribution is -0.0523. The number of aromatic nitrogens is 1. The predicted octanol–water partition coefficient (Wildman–Crippen LogP) is 1.98. The summed E-state index contributed by atoms with van der Waals surface area (Å²) in [5.41, 5.74) is 1.52. The molecule has 1 unspecified atom stereocenters. The maximum atomic E-state index is 12.3. The Kier molecular flexibility index (Phi) is 3.09. The Labute approximate surface area is 112 Å². The molecule has 3 rings (SSSR count). The first kappa shape index (κ1) is 12.7. The van der Waals surface area contributed by atoms with Gasteiger partial charge >= 0.3 is 0 Å². The van der Waals surface area contributed by atoms with Gasteiger partial charge in [0.05, 0.1) is 5.69 Å². The van der Waals surface area contributed by atoms with E-state index in [0.717, 1.165) is 32.5 Å². The molecule has 19 heavy (non-hydrogen) atoms. The molecule has 1 aromatic rings. The highest BCUT2D eigenvalue weighted by atomic mass is 16.5. The fraction of sp³-hybridized carbons (Fsp3) is 0.714. The summed E-state index contributed by atoms with van der Waals surface area (Å²) in [6.45, 7) is 5.21. The lowest BCUT2D eigenvalue weighted by atomic mass is 9.60. The van der Waals surface area contributed by atoms with Crippen LogP contribution in [-0.2, 0) is 4.74 Å². The second-order valence-corrected chi connectivity index (χ2v) is 5.74. The van der Waals surface area contributed by atoms with Crippen LogP contribution in [0.3, 0.4) is 0 Å². The lowest BCUT2D eigenvalue weighted by Gasteiger charge is -2.52. The molecule has 1 N–H and O–H groups in total. The van der Waals surface area contributed by atoms with Crippen molar-refractivity contribution in [2.24, 2.45) is 5.41 Å². The van der Waals surface area contributed by atoms with Gasteiger partial charge in [0, 0.05) is 19.3 Å². The molecule has 2 fully saturated rings. The molecule has 104 valence electrons. The molecular weight excluding hydrogens is 244 g/mol. The highest BCUT2D eigenvalue weighted by molar-refractivity contribution is 5.96. The van der Waals surface area contributed by atoms with E-state index in [1.54, 1.807) is 13.8 Å². The maximum absolute atomic E-state index is 12.3. The number of nitrogens with zero attached hydrogens (tertiary/aromatic N) is 1. The Bertz CT molecular complexity index is 469. The molecular formula is C14H20N2O3. The summed E-state index contributed by atoms with van der Waals surface area (Å²) in [5.74, 6) is 0.544. The van der Waals surface area contributed by atoms with Crippen LogP contribution >= 0.6 is 0 Å². The van der Waals surface area contributed by atoms with Crippen molar-refractivity contribution in [3.63, 3.8) is 0 Å². The van der Waals surface area contributed by atoms with Gasteiger partial charge in [-0.25, -0.2) is 0 Å². The van der Waals surface area contributed by atoms with Crippen LogP contribution in [-0.4, -0.2) is 30.3 Å². The molecule has 1 saturated heterocycles. The molecule has 2 aliphatic rings. The van der Waals surface area contributed by atoms with Crippen LogP contribution < -0.4 is 5.32 Å². The number of amides is 1. The fourth-order valence-corrected chi connectivity index (χ4v) is 3.34. The second kappa shape index (κ2) is 4.63. The van der Waals surface area contributed by atoms with E-state index in [9.17, 15) is 4.79 Å². The third-order valence-electron chi connectivity index (χ3n) is 4.72. The Balaban J connectivity index is 1.70. The standard InChI is InChI=1S/C14H20N2O3/c1-9-12(10(2)19-16-9)13(17)15-11-3-4-14(11)5-7-18-8-6-14/h11H,3-8H2,1-2H3,(H,15,17). The molecule has 1 saturated carbocycles. The van der Waals surface area contributed by atoms with Gasteiger partial charge in [-0.2, -0.15) is 0 Å². The van der Waals surface area contributed by atoms with Gasteiger partial charge in [-0.1, -0.05) is 5.16 Å². The first-order chi connectivity index (χ1) is 9.12. The van der Waals surface area contributed by atoms with Crippen molar-refractivity contribution >= 4 is 5.91 Å². The summed E-state index contributed by atoms with van der Waals surface area (Å²) >= 11 is 0. The van der Waals surface area contributed by atoms with Gasteiger partial charge < -0.3 is 14.6 Å². The molecule has 1 amide bonds. The lowest BCUT2D eigenvalue weighted by Crippen LogP contribution is -2.57. The summed E-state index contributed by atoms with van der Waals surface area (Å²) in [6.07, 6.45) is 4.37. The molecule has 5 nitrogen and oxygen atoms in total. The van der Waals surface area contributed by atoms with Crippen molar-refractivity contribution in [3.8, 4) is 0 Å². The van der Waals surface area contributed by atoms with E-state index in [1.165, 1.54) is 6.42 Å². The number of ether oxygens (including phenoxy) is 1. The van der Waals surface area contributed by atoms with Crippen LogP contribution in [0.5, 0.6) is 0 Å². The zero-order valence-electron chi connectivity index (χ0n) is 11.5. The number of nitrogens with one attached hydrogen (secondary N) is 1. The van der Waals surface area contributed by atoms with E-state index in [-0.39, 0.29) is 17.4 Å². The molecule has 1 atom stereocenters. The maximum Gasteiger partial charge on any atom is 0.257 e. The Morgan fingerprint density at radius 2 is 2.05 bits per heavy atom. The van der Waals surface area contributed by atoms with Crippen molar-refractivity contribution < 1.29 is 14.1 Å². The largest absolute Gasteiger partial charge is 0.381 e. The van der Waals surface area contributed by atoms with Crippen molar-refractivity contribution in [1.29, 1.82) is 0 Å². The Morgan fingerprint density at radius 1 is 1.32 bits per heavy atom. The van der Waals surface area contributed by atoms with Gasteiger partial charge in [0.25, 0.3) is 5.91 Å². The van der Waals surface area contributed by atoms with Crippen molar-refractivity contribution in [3.05, 3.63) is 17.0 Å². The van der Waals surface area contributed by atoms with Crippen molar-refractivity contribution in [2.75, 3.05) is 13.2 Å². The summed E-state index contributed by atoms with van der Waals surface area (Å²) in [5, 5.41) is 7.00. The minimum absolute atomic E-state index is 0.0492. The SMILES string of the molecule is Cc1noc(C)c1C(=O)NC1CCC12CCOCC2. The first-order valence-corrected chi connectivity index (χ1v) is 6.94. The van der Waals surface area contributed by atoms with E-state index < -0.39 is 0 Å². The summed E-state index contributed by atoms with van der Waals surface area (Å²) in [6, 6.07) is 0.276. The van der Waals surface area contributed by atoms with E-state index in [1.807, 2.05) is 0 Å². The van der Waals surface area contributed by atoms with E-state index >= 15 is 0 Å². The van der Waals surface area contributed by atoms with Crippen LogP contribution in [0.2, 0.25) is 0 Å². The molecule has 2 heterocycles. The highest BCUT2D eigenvalue weighted by Gasteiger charge is 2.48. The smallest absolute Gasteiger partial charge is 0.257 e. The molecule has 1 aromatic heterocycles. The average Bonchev–Trinajstić information content (AvgIpc) is 2.75. The van der Waals surface area contributed by atoms with Crippen molar-refractivity contribution in [2.45, 2.75) is 45.6 Å². The van der Waals surface area contributed by atoms with Crippen LogP contribution in [0.4, 0.5) is 0 Å². The van der Waals surface area contributed by atoms with Gasteiger partial charge in [0.2, 0.25) is 0 Å². The third kappa shape index (κ3) is 2.06. The van der Waals surface area contributed by atoms with Crippen LogP contribution in [0.1, 0.15) is 47.5 Å². The van der Waals surface area contributed by atoms with E-state index in [2.05, 4.69) is 10.5 Å². The van der Waals surface area contributed by atoms with Crippen LogP contribution in [0, 0.1) is 19.3 Å². The highest BCUT2D eigenvalue weighted by Crippen LogP contribution is 2.48. The molecule has 0 aromatic carbocycles. The Hall–Kier alpha value is -1.36. The van der Waals surface area contributed by atoms with Gasteiger partial charge in [-0.15, -0.1) is 0 Å². The Morgan fingerprint density at radius 3 is 2.58 bits per heavy atom. The predicted molar refractivity (Wildman–Crippen MR) is 69.0 cm³/mol. The third-order valence-corrected chi connectivity index (χ3v) is 4.72. The molecule has 1 aliphatic carbocycles. The number of carbonyl (C=O) groups excluding carboxylic acids is 1. The van der Waals surface area contributed by atoms with Gasteiger partial charge in [-0.3, -0.25) is 4.79 Å². The normalized spacial score (nSPS) is 25.1. The molecule has 1 spiro atoms. The van der Waals surface area contributed by atoms with Crippen LogP contribution in [0.15, 0.2) is 4.52 Å². The van der Waals surface area contributed by atoms with Crippen LogP contribution in [0.25, 0.3) is 0 Å². The zero-order valence-corrected chi connectivity index (χ0v) is 11.5. The summed E-state index contributed by atoms with van der Waals surface area (Å²) < 4.78 is 10.5. The number of rotatable bonds is 2. The van der Waals surface area contributed by atoms with Gasteiger partial charge in [0.1, 0.15) is 11.3 Å². The number of aryl methyl sites for hydroxylation is 2. The van der Waals surface area contributed by atoms with Gasteiger partial charge in [0.15, 0.2) is 0 Å². The quantitative estimate of drug-likeness (QED) is 0.887. The summed E-state index contributed by atoms with van der Waals surface area (Å²) in [7, 11) is 0. The average molecular weight is 264 g/mol. The molecule has 0 radical (unpaired) electrons. The molecule has 5 heteroatoms. The fourth-order valence-electron chi connectivity index (χ4n) is 3.34. The topological polar surface area (TPSA) is 64.4 Å². The molecule has 1 aliphatic heterocycles. The summed E-state index contributed by atoms with van der Waals surface area (Å²) in [4.78, 5) is 12.3.